The maximum atomic E-state index is 13.1. The van der Waals surface area contributed by atoms with Crippen molar-refractivity contribution >= 4 is 27.6 Å². The predicted octanol–water partition coefficient (Wildman–Crippen LogP) is 2.38. The van der Waals surface area contributed by atoms with E-state index >= 15 is 0 Å². The highest BCUT2D eigenvalue weighted by atomic mass is 79.9. The van der Waals surface area contributed by atoms with E-state index in [1.54, 1.807) is 24.3 Å². The summed E-state index contributed by atoms with van der Waals surface area (Å²) in [6.45, 7) is 0. The van der Waals surface area contributed by atoms with Gasteiger partial charge in [-0.3, -0.25) is 14.6 Å². The van der Waals surface area contributed by atoms with Crippen LogP contribution in [0.25, 0.3) is 0 Å². The van der Waals surface area contributed by atoms with Gasteiger partial charge >= 0.3 is 0 Å². The standard InChI is InChI=1S/C17H17BrN2O3/c1-20-14(9-4-6-19-7-5-9)13-15(21)11-8-10(18)2-3-12(11)23-16(13)17(20)22/h4-7,10-12,14H,2-3,8H2,1H3. The minimum absolute atomic E-state index is 0.0694. The van der Waals surface area contributed by atoms with E-state index in [-0.39, 0.29) is 35.5 Å². The van der Waals surface area contributed by atoms with Crippen molar-refractivity contribution in [2.24, 2.45) is 5.92 Å². The largest absolute Gasteiger partial charge is 0.483 e. The van der Waals surface area contributed by atoms with Crippen LogP contribution in [0.1, 0.15) is 30.9 Å². The van der Waals surface area contributed by atoms with E-state index in [9.17, 15) is 9.59 Å². The lowest BCUT2D eigenvalue weighted by molar-refractivity contribution is -0.134. The summed E-state index contributed by atoms with van der Waals surface area (Å²) in [6, 6.07) is 3.32. The Balaban J connectivity index is 1.78. The van der Waals surface area contributed by atoms with Gasteiger partial charge in [0.1, 0.15) is 6.10 Å². The Bertz CT molecular complexity index is 703. The number of ketones is 1. The SMILES string of the molecule is CN1C(=O)C2=C(C(=O)C3CC(Br)CCC3O2)C1c1ccncc1. The van der Waals surface area contributed by atoms with Crippen LogP contribution in [0.5, 0.6) is 0 Å². The Hall–Kier alpha value is -1.69. The molecule has 4 unspecified atom stereocenters. The number of hydrogen-bond acceptors (Lipinski definition) is 4. The van der Waals surface area contributed by atoms with Gasteiger partial charge < -0.3 is 9.64 Å². The summed E-state index contributed by atoms with van der Waals surface area (Å²) in [5, 5.41) is 0. The van der Waals surface area contributed by atoms with Crippen LogP contribution in [-0.4, -0.2) is 39.6 Å². The second-order valence-corrected chi connectivity index (χ2v) is 7.67. The summed E-state index contributed by atoms with van der Waals surface area (Å²) in [6.07, 6.45) is 5.73. The van der Waals surface area contributed by atoms with Crippen molar-refractivity contribution in [3.8, 4) is 0 Å². The second-order valence-electron chi connectivity index (χ2n) is 6.38. The van der Waals surface area contributed by atoms with Gasteiger partial charge in [0.05, 0.1) is 17.5 Å². The zero-order valence-electron chi connectivity index (χ0n) is 12.7. The fourth-order valence-corrected chi connectivity index (χ4v) is 4.53. The lowest BCUT2D eigenvalue weighted by atomic mass is 9.77. The maximum Gasteiger partial charge on any atom is 0.289 e. The number of carbonyl (C=O) groups excluding carboxylic acids is 2. The van der Waals surface area contributed by atoms with Crippen molar-refractivity contribution < 1.29 is 14.3 Å². The molecular formula is C17H17BrN2O3. The molecule has 0 radical (unpaired) electrons. The minimum Gasteiger partial charge on any atom is -0.483 e. The Morgan fingerprint density at radius 2 is 2.00 bits per heavy atom. The second kappa shape index (κ2) is 5.44. The molecule has 23 heavy (non-hydrogen) atoms. The van der Waals surface area contributed by atoms with E-state index in [0.717, 1.165) is 24.8 Å². The van der Waals surface area contributed by atoms with Gasteiger partial charge in [0.25, 0.3) is 5.91 Å². The van der Waals surface area contributed by atoms with Crippen LogP contribution in [0.4, 0.5) is 0 Å². The number of amides is 1. The average molecular weight is 377 g/mol. The molecule has 120 valence electrons. The number of Topliss-reactive ketones (excluding diaryl/α,β-unsaturated/α-hetero) is 1. The quantitative estimate of drug-likeness (QED) is 0.706. The van der Waals surface area contributed by atoms with Crippen LogP contribution in [0.3, 0.4) is 0 Å². The van der Waals surface area contributed by atoms with E-state index in [2.05, 4.69) is 20.9 Å². The van der Waals surface area contributed by atoms with Crippen LogP contribution in [0, 0.1) is 5.92 Å². The minimum atomic E-state index is -0.371. The molecule has 1 amide bonds. The van der Waals surface area contributed by atoms with Gasteiger partial charge in [-0.15, -0.1) is 0 Å². The highest BCUT2D eigenvalue weighted by Gasteiger charge is 2.51. The molecule has 0 N–H and O–H groups in total. The van der Waals surface area contributed by atoms with Gasteiger partial charge in [0.2, 0.25) is 0 Å². The first kappa shape index (κ1) is 14.9. The van der Waals surface area contributed by atoms with Gasteiger partial charge in [-0.25, -0.2) is 0 Å². The molecule has 0 aromatic carbocycles. The Kier molecular flexibility index (Phi) is 3.52. The lowest BCUT2D eigenvalue weighted by Gasteiger charge is -2.37. The number of pyridine rings is 1. The molecule has 4 atom stereocenters. The third kappa shape index (κ3) is 2.23. The molecule has 3 heterocycles. The van der Waals surface area contributed by atoms with Gasteiger partial charge in [0.15, 0.2) is 11.5 Å². The smallest absolute Gasteiger partial charge is 0.289 e. The van der Waals surface area contributed by atoms with E-state index in [1.165, 1.54) is 0 Å². The molecule has 0 spiro atoms. The first-order valence-electron chi connectivity index (χ1n) is 7.84. The van der Waals surface area contributed by atoms with E-state index in [1.807, 2.05) is 12.1 Å². The first-order chi connectivity index (χ1) is 11.1. The van der Waals surface area contributed by atoms with Crippen LogP contribution >= 0.6 is 15.9 Å². The maximum absolute atomic E-state index is 13.1. The molecule has 1 saturated carbocycles. The molecule has 1 fully saturated rings. The predicted molar refractivity (Wildman–Crippen MR) is 86.7 cm³/mol. The number of ether oxygens (including phenoxy) is 1. The number of likely N-dealkylation sites (N-methyl/N-ethyl adjacent to an activating group) is 1. The Labute approximate surface area is 142 Å². The average Bonchev–Trinajstić information content (AvgIpc) is 2.81. The van der Waals surface area contributed by atoms with Crippen LogP contribution in [0.15, 0.2) is 35.9 Å². The Morgan fingerprint density at radius 1 is 1.26 bits per heavy atom. The van der Waals surface area contributed by atoms with Crippen molar-refractivity contribution in [1.29, 1.82) is 0 Å². The number of aromatic nitrogens is 1. The third-order valence-electron chi connectivity index (χ3n) is 5.04. The third-order valence-corrected chi connectivity index (χ3v) is 5.87. The molecule has 0 bridgehead atoms. The summed E-state index contributed by atoms with van der Waals surface area (Å²) < 4.78 is 6.00. The summed E-state index contributed by atoms with van der Waals surface area (Å²) >= 11 is 3.62. The first-order valence-corrected chi connectivity index (χ1v) is 8.75. The molecule has 1 aliphatic carbocycles. The number of rotatable bonds is 1. The van der Waals surface area contributed by atoms with E-state index in [4.69, 9.17) is 4.74 Å². The fourth-order valence-electron chi connectivity index (χ4n) is 3.87. The van der Waals surface area contributed by atoms with Crippen molar-refractivity contribution in [1.82, 2.24) is 9.88 Å². The van der Waals surface area contributed by atoms with Crippen molar-refractivity contribution in [2.45, 2.75) is 36.2 Å². The molecular weight excluding hydrogens is 360 g/mol. The zero-order chi connectivity index (χ0) is 16.1. The molecule has 5 nitrogen and oxygen atoms in total. The monoisotopic (exact) mass is 376 g/mol. The van der Waals surface area contributed by atoms with Crippen molar-refractivity contribution in [2.75, 3.05) is 7.05 Å². The van der Waals surface area contributed by atoms with Crippen LogP contribution in [0.2, 0.25) is 0 Å². The summed E-state index contributed by atoms with van der Waals surface area (Å²) in [7, 11) is 1.72. The molecule has 0 saturated heterocycles. The topological polar surface area (TPSA) is 59.5 Å². The number of carbonyl (C=O) groups is 2. The number of hydrogen-bond donors (Lipinski definition) is 0. The number of nitrogens with zero attached hydrogens (tertiary/aromatic N) is 2. The van der Waals surface area contributed by atoms with Gasteiger partial charge in [-0.05, 0) is 37.0 Å². The molecule has 1 aromatic rings. The molecule has 6 heteroatoms. The summed E-state index contributed by atoms with van der Waals surface area (Å²) in [4.78, 5) is 31.6. The number of alkyl halides is 1. The van der Waals surface area contributed by atoms with Crippen molar-refractivity contribution in [3.05, 3.63) is 41.4 Å². The molecule has 4 rings (SSSR count). The summed E-state index contributed by atoms with van der Waals surface area (Å²) in [5.74, 6) is -0.0291. The van der Waals surface area contributed by atoms with E-state index < -0.39 is 0 Å². The fraction of sp³-hybridized carbons (Fsp3) is 0.471. The number of halogens is 1. The highest BCUT2D eigenvalue weighted by molar-refractivity contribution is 9.09. The van der Waals surface area contributed by atoms with Crippen LogP contribution in [-0.2, 0) is 14.3 Å². The lowest BCUT2D eigenvalue weighted by Crippen LogP contribution is -2.41. The molecule has 2 aliphatic heterocycles. The van der Waals surface area contributed by atoms with Crippen LogP contribution < -0.4 is 0 Å². The molecule has 3 aliphatic rings. The highest BCUT2D eigenvalue weighted by Crippen LogP contribution is 2.46. The van der Waals surface area contributed by atoms with Gasteiger partial charge in [-0.1, -0.05) is 15.9 Å². The Morgan fingerprint density at radius 3 is 2.74 bits per heavy atom. The van der Waals surface area contributed by atoms with Gasteiger partial charge in [0, 0.05) is 24.3 Å². The van der Waals surface area contributed by atoms with Gasteiger partial charge in [-0.2, -0.15) is 0 Å². The van der Waals surface area contributed by atoms with Crippen molar-refractivity contribution in [3.63, 3.8) is 0 Å². The van der Waals surface area contributed by atoms with E-state index in [0.29, 0.717) is 10.4 Å². The summed E-state index contributed by atoms with van der Waals surface area (Å²) in [5.41, 5.74) is 1.41. The zero-order valence-corrected chi connectivity index (χ0v) is 14.3. The molecule has 1 aromatic heterocycles. The number of fused-ring (bicyclic) bond motifs is 1. The normalized spacial score (nSPS) is 33.4.